The molecule has 0 amide bonds. The third-order valence-corrected chi connectivity index (χ3v) is 5.29. The lowest BCUT2D eigenvalue weighted by Crippen LogP contribution is -2.10. The van der Waals surface area contributed by atoms with Crippen molar-refractivity contribution in [3.05, 3.63) is 64.1 Å². The van der Waals surface area contributed by atoms with Gasteiger partial charge in [-0.25, -0.2) is 4.39 Å². The zero-order valence-corrected chi connectivity index (χ0v) is 16.2. The number of hydrogen-bond donors (Lipinski definition) is 2. The van der Waals surface area contributed by atoms with Gasteiger partial charge in [0.05, 0.1) is 12.1 Å². The largest absolute Gasteiger partial charge is 0.491 e. The van der Waals surface area contributed by atoms with Crippen LogP contribution in [0.1, 0.15) is 26.3 Å². The molecule has 0 aliphatic carbocycles. The normalized spacial score (nSPS) is 12.3. The molecule has 2 aromatic carbocycles. The molecule has 136 valence electrons. The number of H-pyrrole nitrogens is 1. The second kappa shape index (κ2) is 7.78. The Kier molecular flexibility index (Phi) is 5.65. The van der Waals surface area contributed by atoms with E-state index in [4.69, 9.17) is 21.4 Å². The molecule has 3 aromatic rings. The molecular weight excluding hydrogens is 425 g/mol. The van der Waals surface area contributed by atoms with E-state index in [0.717, 1.165) is 0 Å². The molecule has 0 aliphatic heterocycles. The van der Waals surface area contributed by atoms with Gasteiger partial charge < -0.3 is 14.8 Å². The van der Waals surface area contributed by atoms with Gasteiger partial charge in [0.25, 0.3) is 0 Å². The van der Waals surface area contributed by atoms with Gasteiger partial charge in [0, 0.05) is 33.3 Å². The summed E-state index contributed by atoms with van der Waals surface area (Å²) in [4.78, 5) is 15.3. The number of alkyl halides is 1. The summed E-state index contributed by atoms with van der Waals surface area (Å²) in [7, 11) is 0. The zero-order chi connectivity index (χ0) is 18.8. The summed E-state index contributed by atoms with van der Waals surface area (Å²) in [5.41, 5.74) is 2.11. The summed E-state index contributed by atoms with van der Waals surface area (Å²) in [6.07, 6.45) is 1.58. The Bertz CT molecular complexity index is 973. The number of halogens is 3. The van der Waals surface area contributed by atoms with E-state index < -0.39 is 4.83 Å². The van der Waals surface area contributed by atoms with Crippen LogP contribution in [0.25, 0.3) is 10.9 Å². The fourth-order valence-electron chi connectivity index (χ4n) is 2.80. The minimum absolute atomic E-state index is 0.0901. The Morgan fingerprint density at radius 3 is 2.88 bits per heavy atom. The molecule has 1 aromatic heterocycles. The van der Waals surface area contributed by atoms with Crippen molar-refractivity contribution < 1.29 is 19.0 Å². The summed E-state index contributed by atoms with van der Waals surface area (Å²) < 4.78 is 19.2. The number of aromatic amines is 1. The van der Waals surface area contributed by atoms with E-state index in [1.54, 1.807) is 37.4 Å². The Morgan fingerprint density at radius 1 is 1.38 bits per heavy atom. The standard InChI is InChI=1S/C19H16BrClFNO3/c1-10-15(22)5-4-12-14(9-23-18(10)12)19(25)17(20)13-3-2-11(21)8-16(13)26-7-6-24/h2-5,8-9,17,23-24H,6-7H2,1H3. The van der Waals surface area contributed by atoms with E-state index in [1.165, 1.54) is 6.07 Å². The molecule has 0 spiro atoms. The van der Waals surface area contributed by atoms with Crippen molar-refractivity contribution in [1.29, 1.82) is 0 Å². The maximum Gasteiger partial charge on any atom is 0.183 e. The summed E-state index contributed by atoms with van der Waals surface area (Å²) in [6, 6.07) is 7.91. The highest BCUT2D eigenvalue weighted by Gasteiger charge is 2.25. The molecule has 4 nitrogen and oxygen atoms in total. The van der Waals surface area contributed by atoms with Gasteiger partial charge in [-0.2, -0.15) is 0 Å². The topological polar surface area (TPSA) is 62.3 Å². The first-order chi connectivity index (χ1) is 12.4. The van der Waals surface area contributed by atoms with Crippen LogP contribution in [0.15, 0.2) is 36.5 Å². The highest BCUT2D eigenvalue weighted by molar-refractivity contribution is 9.09. The number of carbonyl (C=O) groups excluding carboxylic acids is 1. The van der Waals surface area contributed by atoms with Crippen LogP contribution in [0.3, 0.4) is 0 Å². The van der Waals surface area contributed by atoms with Gasteiger partial charge in [-0.3, -0.25) is 4.79 Å². The smallest absolute Gasteiger partial charge is 0.183 e. The molecule has 1 heterocycles. The van der Waals surface area contributed by atoms with E-state index in [1.807, 2.05) is 0 Å². The Balaban J connectivity index is 2.00. The molecule has 0 aliphatic rings. The van der Waals surface area contributed by atoms with Crippen LogP contribution in [0.5, 0.6) is 5.75 Å². The van der Waals surface area contributed by atoms with Crippen molar-refractivity contribution >= 4 is 44.2 Å². The maximum atomic E-state index is 13.7. The average Bonchev–Trinajstić information content (AvgIpc) is 3.06. The number of aliphatic hydroxyl groups is 1. The number of ether oxygens (including phenoxy) is 1. The van der Waals surface area contributed by atoms with Crippen molar-refractivity contribution in [3.8, 4) is 5.75 Å². The molecule has 7 heteroatoms. The fourth-order valence-corrected chi connectivity index (χ4v) is 3.59. The molecule has 26 heavy (non-hydrogen) atoms. The molecule has 3 rings (SSSR count). The number of ketones is 1. The summed E-state index contributed by atoms with van der Waals surface area (Å²) >= 11 is 9.44. The first-order valence-electron chi connectivity index (χ1n) is 7.91. The van der Waals surface area contributed by atoms with Crippen LogP contribution in [-0.4, -0.2) is 29.1 Å². The highest BCUT2D eigenvalue weighted by atomic mass is 79.9. The summed E-state index contributed by atoms with van der Waals surface area (Å²) in [6.45, 7) is 1.60. The number of hydrogen-bond acceptors (Lipinski definition) is 3. The molecule has 0 saturated carbocycles. The van der Waals surface area contributed by atoms with Crippen LogP contribution in [-0.2, 0) is 0 Å². The van der Waals surface area contributed by atoms with Gasteiger partial charge >= 0.3 is 0 Å². The molecule has 0 radical (unpaired) electrons. The van der Waals surface area contributed by atoms with E-state index >= 15 is 0 Å². The number of aliphatic hydroxyl groups excluding tert-OH is 1. The maximum absolute atomic E-state index is 13.7. The molecule has 0 saturated heterocycles. The third-order valence-electron chi connectivity index (χ3n) is 4.14. The second-order valence-electron chi connectivity index (χ2n) is 5.78. The molecule has 1 unspecified atom stereocenters. The number of aromatic nitrogens is 1. The van der Waals surface area contributed by atoms with Crippen LogP contribution in [0.2, 0.25) is 5.02 Å². The number of fused-ring (bicyclic) bond motifs is 1. The van der Waals surface area contributed by atoms with Crippen LogP contribution in [0.4, 0.5) is 4.39 Å². The van der Waals surface area contributed by atoms with E-state index in [0.29, 0.717) is 38.4 Å². The number of benzene rings is 2. The second-order valence-corrected chi connectivity index (χ2v) is 7.13. The van der Waals surface area contributed by atoms with Crippen molar-refractivity contribution in [2.45, 2.75) is 11.8 Å². The van der Waals surface area contributed by atoms with Gasteiger partial charge in [-0.15, -0.1) is 0 Å². The minimum Gasteiger partial charge on any atom is -0.491 e. The van der Waals surface area contributed by atoms with Crippen molar-refractivity contribution in [2.75, 3.05) is 13.2 Å². The van der Waals surface area contributed by atoms with Gasteiger partial charge in [0.15, 0.2) is 5.78 Å². The lowest BCUT2D eigenvalue weighted by Gasteiger charge is -2.15. The first kappa shape index (κ1) is 18.9. The van der Waals surface area contributed by atoms with E-state index in [9.17, 15) is 9.18 Å². The highest BCUT2D eigenvalue weighted by Crippen LogP contribution is 2.37. The van der Waals surface area contributed by atoms with Gasteiger partial charge in [0.2, 0.25) is 0 Å². The molecule has 0 fully saturated rings. The number of nitrogens with one attached hydrogen (secondary N) is 1. The third kappa shape index (κ3) is 3.49. The summed E-state index contributed by atoms with van der Waals surface area (Å²) in [5, 5.41) is 10.1. The Hall–Kier alpha value is -1.89. The van der Waals surface area contributed by atoms with Gasteiger partial charge in [-0.1, -0.05) is 33.6 Å². The number of aryl methyl sites for hydroxylation is 1. The summed E-state index contributed by atoms with van der Waals surface area (Å²) in [5.74, 6) is -0.103. The fraction of sp³-hybridized carbons (Fsp3) is 0.211. The number of carbonyl (C=O) groups is 1. The Morgan fingerprint density at radius 2 is 2.15 bits per heavy atom. The van der Waals surface area contributed by atoms with Crippen molar-refractivity contribution in [2.24, 2.45) is 0 Å². The minimum atomic E-state index is -0.683. The lowest BCUT2D eigenvalue weighted by atomic mass is 10.0. The van der Waals surface area contributed by atoms with Gasteiger partial charge in [0.1, 0.15) is 23.0 Å². The van der Waals surface area contributed by atoms with E-state index in [2.05, 4.69) is 20.9 Å². The van der Waals surface area contributed by atoms with Crippen LogP contribution in [0, 0.1) is 12.7 Å². The Labute approximate surface area is 163 Å². The number of rotatable bonds is 6. The zero-order valence-electron chi connectivity index (χ0n) is 13.9. The monoisotopic (exact) mass is 439 g/mol. The molecule has 2 N–H and O–H groups in total. The number of Topliss-reactive ketones (excluding diaryl/α,β-unsaturated/α-hetero) is 1. The predicted octanol–water partition coefficient (Wildman–Crippen LogP) is 4.96. The molecule has 0 bridgehead atoms. The van der Waals surface area contributed by atoms with Crippen LogP contribution < -0.4 is 4.74 Å². The lowest BCUT2D eigenvalue weighted by molar-refractivity contribution is 0.0991. The molecule has 1 atom stereocenters. The van der Waals surface area contributed by atoms with Crippen molar-refractivity contribution in [1.82, 2.24) is 4.98 Å². The molecular formula is C19H16BrClFNO3. The first-order valence-corrected chi connectivity index (χ1v) is 9.21. The van der Waals surface area contributed by atoms with Crippen molar-refractivity contribution in [3.63, 3.8) is 0 Å². The predicted molar refractivity (Wildman–Crippen MR) is 103 cm³/mol. The SMILES string of the molecule is Cc1c(F)ccc2c(C(=O)C(Br)c3ccc(Cl)cc3OCCO)c[nH]c12. The van der Waals surface area contributed by atoms with E-state index in [-0.39, 0.29) is 24.8 Å². The van der Waals surface area contributed by atoms with Crippen LogP contribution >= 0.6 is 27.5 Å². The average molecular weight is 441 g/mol. The van der Waals surface area contributed by atoms with Gasteiger partial charge in [-0.05, 0) is 31.2 Å². The quantitative estimate of drug-likeness (QED) is 0.421.